The van der Waals surface area contributed by atoms with Crippen molar-refractivity contribution in [1.29, 1.82) is 0 Å². The SMILES string of the molecule is NC1(CCCN2CCCCO2)CC1. The lowest BCUT2D eigenvalue weighted by Gasteiger charge is -2.26. The van der Waals surface area contributed by atoms with Crippen LogP contribution in [0, 0.1) is 0 Å². The molecule has 0 amide bonds. The van der Waals surface area contributed by atoms with Crippen LogP contribution in [0.2, 0.25) is 0 Å². The molecule has 1 saturated carbocycles. The Labute approximate surface area is 80.2 Å². The van der Waals surface area contributed by atoms with Gasteiger partial charge < -0.3 is 5.73 Å². The summed E-state index contributed by atoms with van der Waals surface area (Å²) < 4.78 is 0. The Morgan fingerprint density at radius 3 is 2.77 bits per heavy atom. The number of nitrogens with zero attached hydrogens (tertiary/aromatic N) is 1. The zero-order valence-corrected chi connectivity index (χ0v) is 8.30. The molecule has 0 aromatic carbocycles. The number of rotatable bonds is 4. The van der Waals surface area contributed by atoms with Crippen LogP contribution in [0.1, 0.15) is 38.5 Å². The summed E-state index contributed by atoms with van der Waals surface area (Å²) in [6.07, 6.45) is 7.33. The fraction of sp³-hybridized carbons (Fsp3) is 1.00. The van der Waals surface area contributed by atoms with Gasteiger partial charge in [-0.15, -0.1) is 0 Å². The standard InChI is InChI=1S/C10H20N2O/c11-10(5-6-10)4-3-8-12-7-1-2-9-13-12/h1-9,11H2. The van der Waals surface area contributed by atoms with Crippen molar-refractivity contribution in [3.63, 3.8) is 0 Å². The van der Waals surface area contributed by atoms with Crippen molar-refractivity contribution < 1.29 is 4.84 Å². The van der Waals surface area contributed by atoms with Crippen LogP contribution < -0.4 is 5.73 Å². The van der Waals surface area contributed by atoms with E-state index in [4.69, 9.17) is 10.6 Å². The van der Waals surface area contributed by atoms with Gasteiger partial charge in [-0.25, -0.2) is 0 Å². The Hall–Kier alpha value is -0.120. The van der Waals surface area contributed by atoms with Crippen LogP contribution in [0.4, 0.5) is 0 Å². The molecule has 2 N–H and O–H groups in total. The molecular formula is C10H20N2O. The van der Waals surface area contributed by atoms with Crippen LogP contribution in [0.25, 0.3) is 0 Å². The Morgan fingerprint density at radius 2 is 2.15 bits per heavy atom. The molecule has 1 saturated heterocycles. The van der Waals surface area contributed by atoms with E-state index in [-0.39, 0.29) is 5.54 Å². The number of hydrogen-bond donors (Lipinski definition) is 1. The first-order valence-electron chi connectivity index (χ1n) is 5.45. The molecular weight excluding hydrogens is 164 g/mol. The van der Waals surface area contributed by atoms with E-state index in [1.54, 1.807) is 0 Å². The lowest BCUT2D eigenvalue weighted by Crippen LogP contribution is -2.32. The topological polar surface area (TPSA) is 38.5 Å². The van der Waals surface area contributed by atoms with Crippen molar-refractivity contribution >= 4 is 0 Å². The molecule has 76 valence electrons. The minimum Gasteiger partial charge on any atom is -0.325 e. The third-order valence-electron chi connectivity index (χ3n) is 3.05. The van der Waals surface area contributed by atoms with Crippen LogP contribution in [0.3, 0.4) is 0 Å². The van der Waals surface area contributed by atoms with E-state index in [2.05, 4.69) is 5.06 Å². The fourth-order valence-corrected chi connectivity index (χ4v) is 1.84. The van der Waals surface area contributed by atoms with Crippen LogP contribution in [0.15, 0.2) is 0 Å². The van der Waals surface area contributed by atoms with Gasteiger partial charge in [0.05, 0.1) is 6.61 Å². The average molecular weight is 184 g/mol. The second-order valence-electron chi connectivity index (χ2n) is 4.44. The van der Waals surface area contributed by atoms with E-state index in [1.165, 1.54) is 38.5 Å². The molecule has 0 radical (unpaired) electrons. The van der Waals surface area contributed by atoms with Crippen molar-refractivity contribution in [2.75, 3.05) is 19.7 Å². The molecule has 1 heterocycles. The molecule has 0 bridgehead atoms. The molecule has 2 fully saturated rings. The monoisotopic (exact) mass is 184 g/mol. The summed E-state index contributed by atoms with van der Waals surface area (Å²) in [4.78, 5) is 5.51. The lowest BCUT2D eigenvalue weighted by molar-refractivity contribution is -0.180. The lowest BCUT2D eigenvalue weighted by atomic mass is 10.1. The first-order valence-corrected chi connectivity index (χ1v) is 5.45. The molecule has 0 atom stereocenters. The maximum Gasteiger partial charge on any atom is 0.0685 e. The van der Waals surface area contributed by atoms with Crippen LogP contribution in [0.5, 0.6) is 0 Å². The predicted molar refractivity (Wildman–Crippen MR) is 52.1 cm³/mol. The highest BCUT2D eigenvalue weighted by atomic mass is 16.7. The highest BCUT2D eigenvalue weighted by Gasteiger charge is 2.37. The van der Waals surface area contributed by atoms with Gasteiger partial charge in [0.25, 0.3) is 0 Å². The number of nitrogens with two attached hydrogens (primary N) is 1. The van der Waals surface area contributed by atoms with Crippen LogP contribution in [-0.4, -0.2) is 30.3 Å². The highest BCUT2D eigenvalue weighted by molar-refractivity contribution is 4.98. The van der Waals surface area contributed by atoms with Crippen molar-refractivity contribution in [2.45, 2.75) is 44.1 Å². The van der Waals surface area contributed by atoms with E-state index < -0.39 is 0 Å². The molecule has 0 aromatic rings. The highest BCUT2D eigenvalue weighted by Crippen LogP contribution is 2.36. The van der Waals surface area contributed by atoms with Gasteiger partial charge in [-0.2, -0.15) is 5.06 Å². The van der Waals surface area contributed by atoms with Crippen molar-refractivity contribution in [1.82, 2.24) is 5.06 Å². The molecule has 0 unspecified atom stereocenters. The summed E-state index contributed by atoms with van der Waals surface area (Å²) in [5.74, 6) is 0. The van der Waals surface area contributed by atoms with Gasteiger partial charge in [0, 0.05) is 18.6 Å². The Morgan fingerprint density at radius 1 is 1.31 bits per heavy atom. The normalized spacial score (nSPS) is 27.5. The summed E-state index contributed by atoms with van der Waals surface area (Å²) >= 11 is 0. The van der Waals surface area contributed by atoms with Gasteiger partial charge in [0.2, 0.25) is 0 Å². The Balaban J connectivity index is 1.56. The van der Waals surface area contributed by atoms with E-state index in [0.717, 1.165) is 19.7 Å². The number of hydrogen-bond acceptors (Lipinski definition) is 3. The first kappa shape index (κ1) is 9.44. The Kier molecular flexibility index (Phi) is 2.86. The maximum absolute atomic E-state index is 6.00. The molecule has 1 aliphatic carbocycles. The predicted octanol–water partition coefficient (Wildman–Crippen LogP) is 1.29. The van der Waals surface area contributed by atoms with E-state index in [0.29, 0.717) is 0 Å². The largest absolute Gasteiger partial charge is 0.325 e. The van der Waals surface area contributed by atoms with Crippen molar-refractivity contribution in [3.05, 3.63) is 0 Å². The minimum absolute atomic E-state index is 0.218. The average Bonchev–Trinajstić information content (AvgIpc) is 2.86. The van der Waals surface area contributed by atoms with Gasteiger partial charge in [-0.1, -0.05) is 0 Å². The maximum atomic E-state index is 6.00. The second kappa shape index (κ2) is 3.95. The molecule has 1 aliphatic heterocycles. The van der Waals surface area contributed by atoms with Crippen LogP contribution in [-0.2, 0) is 4.84 Å². The van der Waals surface area contributed by atoms with E-state index in [1.807, 2.05) is 0 Å². The van der Waals surface area contributed by atoms with Crippen molar-refractivity contribution in [2.24, 2.45) is 5.73 Å². The summed E-state index contributed by atoms with van der Waals surface area (Å²) in [6.45, 7) is 3.09. The van der Waals surface area contributed by atoms with Gasteiger partial charge in [0.1, 0.15) is 0 Å². The van der Waals surface area contributed by atoms with Gasteiger partial charge in [-0.3, -0.25) is 4.84 Å². The molecule has 13 heavy (non-hydrogen) atoms. The zero-order chi connectivity index (χ0) is 9.15. The Bertz CT molecular complexity index is 162. The molecule has 3 heteroatoms. The fourth-order valence-electron chi connectivity index (χ4n) is 1.84. The summed E-state index contributed by atoms with van der Waals surface area (Å²) in [7, 11) is 0. The van der Waals surface area contributed by atoms with E-state index in [9.17, 15) is 0 Å². The van der Waals surface area contributed by atoms with Crippen LogP contribution >= 0.6 is 0 Å². The minimum atomic E-state index is 0.218. The van der Waals surface area contributed by atoms with E-state index >= 15 is 0 Å². The van der Waals surface area contributed by atoms with Gasteiger partial charge >= 0.3 is 0 Å². The molecule has 3 nitrogen and oxygen atoms in total. The quantitative estimate of drug-likeness (QED) is 0.715. The first-order chi connectivity index (χ1) is 6.29. The van der Waals surface area contributed by atoms with Gasteiger partial charge in [0.15, 0.2) is 0 Å². The third kappa shape index (κ3) is 2.93. The summed E-state index contributed by atoms with van der Waals surface area (Å²) in [5, 5.41) is 2.11. The molecule has 2 rings (SSSR count). The molecule has 2 aliphatic rings. The number of hydroxylamine groups is 2. The van der Waals surface area contributed by atoms with Gasteiger partial charge in [-0.05, 0) is 38.5 Å². The smallest absolute Gasteiger partial charge is 0.0685 e. The van der Waals surface area contributed by atoms with Crippen molar-refractivity contribution in [3.8, 4) is 0 Å². The summed E-state index contributed by atoms with van der Waals surface area (Å²) in [5.41, 5.74) is 6.22. The summed E-state index contributed by atoms with van der Waals surface area (Å²) in [6, 6.07) is 0. The molecule has 0 spiro atoms. The zero-order valence-electron chi connectivity index (χ0n) is 8.30. The second-order valence-corrected chi connectivity index (χ2v) is 4.44. The molecule has 0 aromatic heterocycles. The third-order valence-corrected chi connectivity index (χ3v) is 3.05.